The van der Waals surface area contributed by atoms with E-state index in [1.165, 1.54) is 24.4 Å². The second-order valence-corrected chi connectivity index (χ2v) is 6.30. The SMILES string of the molecule is Nc1c([N+](=O)[O-])cnc2c1ccn2S(=O)(=O)c1ccccc1. The van der Waals surface area contributed by atoms with Crippen molar-refractivity contribution >= 4 is 32.4 Å². The Bertz CT molecular complexity index is 980. The summed E-state index contributed by atoms with van der Waals surface area (Å²) in [7, 11) is -3.84. The molecule has 0 saturated carbocycles. The van der Waals surface area contributed by atoms with Crippen LogP contribution >= 0.6 is 0 Å². The second-order valence-electron chi connectivity index (χ2n) is 4.48. The Morgan fingerprint density at radius 2 is 1.86 bits per heavy atom. The van der Waals surface area contributed by atoms with Crippen LogP contribution in [-0.4, -0.2) is 22.3 Å². The van der Waals surface area contributed by atoms with Crippen LogP contribution in [0.5, 0.6) is 0 Å². The van der Waals surface area contributed by atoms with Gasteiger partial charge < -0.3 is 5.73 Å². The van der Waals surface area contributed by atoms with Crippen molar-refractivity contribution in [3.63, 3.8) is 0 Å². The quantitative estimate of drug-likeness (QED) is 0.580. The molecule has 0 spiro atoms. The van der Waals surface area contributed by atoms with Gasteiger partial charge in [-0.25, -0.2) is 17.4 Å². The molecule has 2 N–H and O–H groups in total. The molecule has 3 rings (SSSR count). The highest BCUT2D eigenvalue weighted by Gasteiger charge is 2.23. The zero-order valence-electron chi connectivity index (χ0n) is 11.1. The lowest BCUT2D eigenvalue weighted by Gasteiger charge is -2.07. The van der Waals surface area contributed by atoms with Gasteiger partial charge in [0.05, 0.1) is 15.2 Å². The van der Waals surface area contributed by atoms with Crippen LogP contribution in [0, 0.1) is 10.1 Å². The third-order valence-corrected chi connectivity index (χ3v) is 4.88. The summed E-state index contributed by atoms with van der Waals surface area (Å²) in [5.74, 6) is 0. The van der Waals surface area contributed by atoms with Crippen LogP contribution in [0.15, 0.2) is 53.7 Å². The first-order valence-corrected chi connectivity index (χ1v) is 7.57. The molecule has 0 atom stereocenters. The van der Waals surface area contributed by atoms with Crippen LogP contribution in [0.3, 0.4) is 0 Å². The molecule has 8 nitrogen and oxygen atoms in total. The van der Waals surface area contributed by atoms with Gasteiger partial charge in [-0.2, -0.15) is 0 Å². The molecular formula is C13H10N4O4S. The fourth-order valence-corrected chi connectivity index (χ4v) is 3.44. The number of fused-ring (bicyclic) bond motifs is 1. The minimum absolute atomic E-state index is 0.0481. The average molecular weight is 318 g/mol. The normalized spacial score (nSPS) is 11.6. The molecular weight excluding hydrogens is 308 g/mol. The summed E-state index contributed by atoms with van der Waals surface area (Å²) < 4.78 is 26.1. The predicted molar refractivity (Wildman–Crippen MR) is 79.8 cm³/mol. The van der Waals surface area contributed by atoms with Crippen molar-refractivity contribution in [3.8, 4) is 0 Å². The molecule has 0 aliphatic heterocycles. The highest BCUT2D eigenvalue weighted by molar-refractivity contribution is 7.90. The van der Waals surface area contributed by atoms with E-state index in [1.807, 2.05) is 0 Å². The number of hydrogen-bond donors (Lipinski definition) is 1. The lowest BCUT2D eigenvalue weighted by molar-refractivity contribution is -0.384. The molecule has 2 heterocycles. The van der Waals surface area contributed by atoms with Gasteiger partial charge in [0, 0.05) is 6.20 Å². The smallest absolute Gasteiger partial charge is 0.311 e. The predicted octanol–water partition coefficient (Wildman–Crippen LogP) is 1.76. The number of anilines is 1. The highest BCUT2D eigenvalue weighted by atomic mass is 32.2. The number of pyridine rings is 1. The maximum atomic E-state index is 12.6. The van der Waals surface area contributed by atoms with Gasteiger partial charge >= 0.3 is 5.69 Å². The van der Waals surface area contributed by atoms with Gasteiger partial charge in [0.1, 0.15) is 11.9 Å². The first-order valence-electron chi connectivity index (χ1n) is 6.13. The van der Waals surface area contributed by atoms with Crippen LogP contribution < -0.4 is 5.73 Å². The highest BCUT2D eigenvalue weighted by Crippen LogP contribution is 2.30. The first-order chi connectivity index (χ1) is 10.4. The van der Waals surface area contributed by atoms with Gasteiger partial charge in [-0.1, -0.05) is 18.2 Å². The number of nitrogens with two attached hydrogens (primary N) is 1. The Morgan fingerprint density at radius 1 is 1.18 bits per heavy atom. The number of rotatable bonds is 3. The second kappa shape index (κ2) is 4.81. The van der Waals surface area contributed by atoms with Crippen molar-refractivity contribution in [3.05, 3.63) is 58.9 Å². The molecule has 0 saturated heterocycles. The van der Waals surface area contributed by atoms with Crippen LogP contribution in [-0.2, 0) is 10.0 Å². The van der Waals surface area contributed by atoms with E-state index < -0.39 is 14.9 Å². The third-order valence-electron chi connectivity index (χ3n) is 3.20. The van der Waals surface area contributed by atoms with Crippen LogP contribution in [0.2, 0.25) is 0 Å². The minimum atomic E-state index is -3.84. The molecule has 3 aromatic rings. The van der Waals surface area contributed by atoms with Gasteiger partial charge in [0.15, 0.2) is 5.65 Å². The van der Waals surface area contributed by atoms with Crippen LogP contribution in [0.1, 0.15) is 0 Å². The number of benzene rings is 1. The fraction of sp³-hybridized carbons (Fsp3) is 0. The third kappa shape index (κ3) is 1.99. The van der Waals surface area contributed by atoms with E-state index in [1.54, 1.807) is 18.2 Å². The van der Waals surface area contributed by atoms with E-state index >= 15 is 0 Å². The summed E-state index contributed by atoms with van der Waals surface area (Å²) in [6, 6.07) is 9.21. The first kappa shape index (κ1) is 14.0. The fourth-order valence-electron chi connectivity index (χ4n) is 2.12. The van der Waals surface area contributed by atoms with Crippen LogP contribution in [0.4, 0.5) is 11.4 Å². The molecule has 0 radical (unpaired) electrons. The number of hydrogen-bond acceptors (Lipinski definition) is 6. The number of nitrogens with zero attached hydrogens (tertiary/aromatic N) is 3. The van der Waals surface area contributed by atoms with E-state index in [0.717, 1.165) is 10.2 Å². The maximum Gasteiger partial charge on any atom is 0.311 e. The van der Waals surface area contributed by atoms with Crippen molar-refractivity contribution in [1.82, 2.24) is 8.96 Å². The Kier molecular flexibility index (Phi) is 3.06. The standard InChI is InChI=1S/C13H10N4O4S/c14-12-10-6-7-16(13(10)15-8-11(12)17(18)19)22(20,21)9-4-2-1-3-5-9/h1-8H,(H2,14,15). The topological polar surface area (TPSA) is 121 Å². The molecule has 0 amide bonds. The molecule has 0 unspecified atom stereocenters. The summed E-state index contributed by atoms with van der Waals surface area (Å²) in [5, 5.41) is 11.1. The number of nitrogen functional groups attached to an aromatic ring is 1. The van der Waals surface area contributed by atoms with Gasteiger partial charge in [-0.05, 0) is 18.2 Å². The van der Waals surface area contributed by atoms with E-state index in [4.69, 9.17) is 5.73 Å². The van der Waals surface area contributed by atoms with Crippen molar-refractivity contribution in [2.75, 3.05) is 5.73 Å². The zero-order valence-corrected chi connectivity index (χ0v) is 11.9. The van der Waals surface area contributed by atoms with E-state index in [9.17, 15) is 18.5 Å². The Morgan fingerprint density at radius 3 is 2.50 bits per heavy atom. The summed E-state index contributed by atoms with van der Waals surface area (Å²) in [4.78, 5) is 14.2. The Balaban J connectivity index is 2.26. The molecule has 0 fully saturated rings. The molecule has 1 aromatic carbocycles. The molecule has 9 heteroatoms. The lowest BCUT2D eigenvalue weighted by Crippen LogP contribution is -2.12. The number of nitro groups is 1. The van der Waals surface area contributed by atoms with Gasteiger partial charge in [0.2, 0.25) is 0 Å². The minimum Gasteiger partial charge on any atom is -0.393 e. The summed E-state index contributed by atoms with van der Waals surface area (Å²) in [6.45, 7) is 0. The summed E-state index contributed by atoms with van der Waals surface area (Å²) in [6.07, 6.45) is 2.23. The van der Waals surface area contributed by atoms with Crippen molar-refractivity contribution in [2.24, 2.45) is 0 Å². The molecule has 0 aliphatic rings. The Hall–Kier alpha value is -2.94. The van der Waals surface area contributed by atoms with E-state index in [0.29, 0.717) is 0 Å². The molecule has 112 valence electrons. The molecule has 0 bridgehead atoms. The molecule has 22 heavy (non-hydrogen) atoms. The Labute approximate surface area is 125 Å². The van der Waals surface area contributed by atoms with Gasteiger partial charge in [-0.3, -0.25) is 10.1 Å². The largest absolute Gasteiger partial charge is 0.393 e. The maximum absolute atomic E-state index is 12.6. The van der Waals surface area contributed by atoms with Crippen molar-refractivity contribution in [2.45, 2.75) is 4.90 Å². The van der Waals surface area contributed by atoms with E-state index in [2.05, 4.69) is 4.98 Å². The molecule has 0 aliphatic carbocycles. The summed E-state index contributed by atoms with van der Waals surface area (Å²) >= 11 is 0. The van der Waals surface area contributed by atoms with Crippen molar-refractivity contribution < 1.29 is 13.3 Å². The lowest BCUT2D eigenvalue weighted by atomic mass is 10.2. The van der Waals surface area contributed by atoms with Gasteiger partial charge in [-0.15, -0.1) is 0 Å². The monoisotopic (exact) mass is 318 g/mol. The summed E-state index contributed by atoms with van der Waals surface area (Å²) in [5.41, 5.74) is 5.30. The van der Waals surface area contributed by atoms with Gasteiger partial charge in [0.25, 0.3) is 10.0 Å². The molecule has 2 aromatic heterocycles. The average Bonchev–Trinajstić information content (AvgIpc) is 2.93. The van der Waals surface area contributed by atoms with Crippen molar-refractivity contribution in [1.29, 1.82) is 0 Å². The van der Waals surface area contributed by atoms with Crippen LogP contribution in [0.25, 0.3) is 11.0 Å². The van der Waals surface area contributed by atoms with E-state index in [-0.39, 0.29) is 27.3 Å². The zero-order chi connectivity index (χ0) is 15.9. The number of aromatic nitrogens is 2.